The summed E-state index contributed by atoms with van der Waals surface area (Å²) in [7, 11) is 0. The van der Waals surface area contributed by atoms with Gasteiger partial charge in [0.1, 0.15) is 15.8 Å². The number of aromatic nitrogens is 2. The van der Waals surface area contributed by atoms with E-state index in [1.54, 1.807) is 0 Å². The molecule has 4 heteroatoms. The molecule has 0 radical (unpaired) electrons. The lowest BCUT2D eigenvalue weighted by atomic mass is 9.99. The highest BCUT2D eigenvalue weighted by Crippen LogP contribution is 2.40. The van der Waals surface area contributed by atoms with Gasteiger partial charge in [-0.25, -0.2) is 9.97 Å². The van der Waals surface area contributed by atoms with E-state index in [2.05, 4.69) is 4.98 Å². The maximum Gasteiger partial charge on any atom is 0.141 e. The minimum atomic E-state index is 0.524. The number of hydrogen-bond acceptors (Lipinski definition) is 3. The van der Waals surface area contributed by atoms with Crippen LogP contribution in [0.25, 0.3) is 10.2 Å². The van der Waals surface area contributed by atoms with Crippen molar-refractivity contribution in [3.63, 3.8) is 0 Å². The number of halogens is 1. The number of fused-ring (bicyclic) bond motifs is 3. The Bertz CT molecular complexity index is 641. The zero-order valence-electron chi connectivity index (χ0n) is 11.6. The Hall–Kier alpha value is -0.670. The summed E-state index contributed by atoms with van der Waals surface area (Å²) in [6, 6.07) is 0. The number of nitrogens with zero attached hydrogens (tertiary/aromatic N) is 2. The van der Waals surface area contributed by atoms with E-state index in [0.717, 1.165) is 22.5 Å². The molecule has 0 spiro atoms. The van der Waals surface area contributed by atoms with E-state index in [9.17, 15) is 0 Å². The Kier molecular flexibility index (Phi) is 3.43. The van der Waals surface area contributed by atoms with Crippen LogP contribution >= 0.6 is 22.9 Å². The molecule has 2 heterocycles. The molecule has 0 atom stereocenters. The second-order valence-electron chi connectivity index (χ2n) is 6.10. The van der Waals surface area contributed by atoms with E-state index >= 15 is 0 Å². The molecular formula is C16H19ClN2S. The third-order valence-corrected chi connectivity index (χ3v) is 6.22. The molecule has 1 saturated carbocycles. The summed E-state index contributed by atoms with van der Waals surface area (Å²) in [5.74, 6) is 1.53. The molecule has 0 aromatic carbocycles. The third kappa shape index (κ3) is 2.15. The zero-order valence-corrected chi connectivity index (χ0v) is 13.2. The molecule has 0 unspecified atom stereocenters. The van der Waals surface area contributed by atoms with Crippen LogP contribution in [-0.4, -0.2) is 9.97 Å². The smallest absolute Gasteiger partial charge is 0.141 e. The van der Waals surface area contributed by atoms with Crippen molar-refractivity contribution in [2.24, 2.45) is 0 Å². The highest BCUT2D eigenvalue weighted by atomic mass is 35.5. The number of rotatable bonds is 1. The van der Waals surface area contributed by atoms with Crippen LogP contribution in [0.5, 0.6) is 0 Å². The molecule has 2 aromatic rings. The highest BCUT2D eigenvalue weighted by Gasteiger charge is 2.24. The van der Waals surface area contributed by atoms with Gasteiger partial charge < -0.3 is 0 Å². The fourth-order valence-electron chi connectivity index (χ4n) is 3.69. The number of hydrogen-bond donors (Lipinski definition) is 0. The minimum absolute atomic E-state index is 0.524. The molecule has 0 aliphatic heterocycles. The van der Waals surface area contributed by atoms with Gasteiger partial charge in [-0.3, -0.25) is 0 Å². The average molecular weight is 307 g/mol. The monoisotopic (exact) mass is 306 g/mol. The van der Waals surface area contributed by atoms with Gasteiger partial charge in [-0.05, 0) is 37.7 Å². The van der Waals surface area contributed by atoms with Crippen LogP contribution in [0.3, 0.4) is 0 Å². The molecule has 0 N–H and O–H groups in total. The third-order valence-electron chi connectivity index (χ3n) is 4.76. The lowest BCUT2D eigenvalue weighted by molar-refractivity contribution is 0.563. The molecule has 0 amide bonds. The highest BCUT2D eigenvalue weighted by molar-refractivity contribution is 7.19. The van der Waals surface area contributed by atoms with Gasteiger partial charge in [0.15, 0.2) is 0 Å². The van der Waals surface area contributed by atoms with E-state index in [1.807, 2.05) is 11.3 Å². The molecule has 2 nitrogen and oxygen atoms in total. The van der Waals surface area contributed by atoms with Crippen LogP contribution in [0.1, 0.15) is 67.1 Å². The summed E-state index contributed by atoms with van der Waals surface area (Å²) >= 11 is 8.35. The van der Waals surface area contributed by atoms with Gasteiger partial charge in [-0.15, -0.1) is 11.3 Å². The van der Waals surface area contributed by atoms with Gasteiger partial charge in [-0.1, -0.05) is 37.3 Å². The van der Waals surface area contributed by atoms with Crippen LogP contribution in [0.15, 0.2) is 0 Å². The van der Waals surface area contributed by atoms with Crippen LogP contribution in [0.4, 0.5) is 0 Å². The Balaban J connectivity index is 1.78. The fourth-order valence-corrected chi connectivity index (χ4v) is 5.30. The van der Waals surface area contributed by atoms with Crippen molar-refractivity contribution in [3.8, 4) is 0 Å². The molecule has 0 saturated heterocycles. The Morgan fingerprint density at radius 1 is 0.950 bits per heavy atom. The summed E-state index contributed by atoms with van der Waals surface area (Å²) < 4.78 is 0. The standard InChI is InChI=1S/C16H19ClN2S/c17-14-13-11-8-5-9-12(11)20-16(13)19-15(18-14)10-6-3-1-2-4-7-10/h10H,1-9H2. The molecular weight excluding hydrogens is 288 g/mol. The van der Waals surface area contributed by atoms with Gasteiger partial charge in [0.25, 0.3) is 0 Å². The normalized spacial score (nSPS) is 20.2. The molecule has 1 fully saturated rings. The first-order valence-corrected chi connectivity index (χ1v) is 9.00. The first kappa shape index (κ1) is 13.0. The Morgan fingerprint density at radius 3 is 2.55 bits per heavy atom. The van der Waals surface area contributed by atoms with Crippen molar-refractivity contribution in [3.05, 3.63) is 21.4 Å². The molecule has 2 aliphatic rings. The zero-order chi connectivity index (χ0) is 13.5. The fraction of sp³-hybridized carbons (Fsp3) is 0.625. The van der Waals surface area contributed by atoms with E-state index in [0.29, 0.717) is 11.1 Å². The lowest BCUT2D eigenvalue weighted by Gasteiger charge is -2.12. The van der Waals surface area contributed by atoms with E-state index in [1.165, 1.54) is 61.8 Å². The number of thiophene rings is 1. The van der Waals surface area contributed by atoms with Crippen LogP contribution in [0, 0.1) is 0 Å². The second kappa shape index (κ2) is 5.27. The SMILES string of the molecule is Clc1nc(C2CCCCCC2)nc2sc3c(c12)CCC3. The molecule has 2 aliphatic carbocycles. The number of aryl methyl sites for hydroxylation is 2. The van der Waals surface area contributed by atoms with E-state index in [-0.39, 0.29) is 0 Å². The van der Waals surface area contributed by atoms with Crippen LogP contribution in [0.2, 0.25) is 5.15 Å². The summed E-state index contributed by atoms with van der Waals surface area (Å²) in [5.41, 5.74) is 1.43. The van der Waals surface area contributed by atoms with Gasteiger partial charge in [0.05, 0.1) is 5.39 Å². The maximum absolute atomic E-state index is 6.50. The van der Waals surface area contributed by atoms with Crippen molar-refractivity contribution < 1.29 is 0 Å². The van der Waals surface area contributed by atoms with Crippen molar-refractivity contribution in [2.45, 2.75) is 63.7 Å². The predicted molar refractivity (Wildman–Crippen MR) is 84.9 cm³/mol. The molecule has 2 aromatic heterocycles. The minimum Gasteiger partial charge on any atom is -0.222 e. The lowest BCUT2D eigenvalue weighted by Crippen LogP contribution is -2.04. The first-order chi connectivity index (χ1) is 9.83. The maximum atomic E-state index is 6.50. The van der Waals surface area contributed by atoms with E-state index < -0.39 is 0 Å². The molecule has 4 rings (SSSR count). The summed E-state index contributed by atoms with van der Waals surface area (Å²) in [6.07, 6.45) is 11.4. The topological polar surface area (TPSA) is 25.8 Å². The second-order valence-corrected chi connectivity index (χ2v) is 7.54. The van der Waals surface area contributed by atoms with Crippen molar-refractivity contribution >= 4 is 33.2 Å². The molecule has 106 valence electrons. The molecule has 0 bridgehead atoms. The largest absolute Gasteiger partial charge is 0.222 e. The van der Waals surface area contributed by atoms with Gasteiger partial charge in [-0.2, -0.15) is 0 Å². The average Bonchev–Trinajstić information content (AvgIpc) is 2.89. The quantitative estimate of drug-likeness (QED) is 0.530. The summed E-state index contributed by atoms with van der Waals surface area (Å²) in [4.78, 5) is 12.2. The first-order valence-electron chi connectivity index (χ1n) is 7.80. The van der Waals surface area contributed by atoms with Crippen molar-refractivity contribution in [1.29, 1.82) is 0 Å². The van der Waals surface area contributed by atoms with Gasteiger partial charge in [0.2, 0.25) is 0 Å². The predicted octanol–water partition coefficient (Wildman–Crippen LogP) is 5.27. The van der Waals surface area contributed by atoms with Gasteiger partial charge >= 0.3 is 0 Å². The summed E-state index contributed by atoms with van der Waals surface area (Å²) in [6.45, 7) is 0. The van der Waals surface area contributed by atoms with Crippen LogP contribution < -0.4 is 0 Å². The Labute approximate surface area is 128 Å². The van der Waals surface area contributed by atoms with Crippen molar-refractivity contribution in [2.75, 3.05) is 0 Å². The molecule has 20 heavy (non-hydrogen) atoms. The van der Waals surface area contributed by atoms with Crippen LogP contribution in [-0.2, 0) is 12.8 Å². The van der Waals surface area contributed by atoms with E-state index in [4.69, 9.17) is 16.6 Å². The van der Waals surface area contributed by atoms with Gasteiger partial charge in [0, 0.05) is 10.8 Å². The van der Waals surface area contributed by atoms with Crippen molar-refractivity contribution in [1.82, 2.24) is 9.97 Å². The summed E-state index contributed by atoms with van der Waals surface area (Å²) in [5, 5.41) is 1.86. The Morgan fingerprint density at radius 2 is 1.75 bits per heavy atom.